The fourth-order valence-corrected chi connectivity index (χ4v) is 4.08. The number of Topliss-reactive ketones (excluding diaryl/α,β-unsaturated/α-hetero) is 1. The van der Waals surface area contributed by atoms with Gasteiger partial charge in [0.25, 0.3) is 0 Å². The number of hydrogen-bond acceptors (Lipinski definition) is 4. The van der Waals surface area contributed by atoms with E-state index in [0.717, 1.165) is 20.4 Å². The van der Waals surface area contributed by atoms with Gasteiger partial charge in [0, 0.05) is 27.8 Å². The normalized spacial score (nSPS) is 10.8. The predicted octanol–water partition coefficient (Wildman–Crippen LogP) is 5.44. The molecule has 0 radical (unpaired) electrons. The van der Waals surface area contributed by atoms with Crippen molar-refractivity contribution in [3.05, 3.63) is 75.5 Å². The van der Waals surface area contributed by atoms with Crippen molar-refractivity contribution < 1.29 is 9.18 Å². The monoisotopic (exact) mass is 377 g/mol. The summed E-state index contributed by atoms with van der Waals surface area (Å²) in [5.74, 6) is -0.250. The van der Waals surface area contributed by atoms with Crippen molar-refractivity contribution in [3.8, 4) is 0 Å². The first-order valence-electron chi connectivity index (χ1n) is 7.22. The highest BCUT2D eigenvalue weighted by Gasteiger charge is 2.12. The molecule has 0 unspecified atom stereocenters. The molecule has 24 heavy (non-hydrogen) atoms. The zero-order valence-electron chi connectivity index (χ0n) is 12.5. The molecule has 2 nitrogen and oxygen atoms in total. The number of nitrogens with zero attached hydrogens (tertiary/aromatic N) is 1. The predicted molar refractivity (Wildman–Crippen MR) is 96.5 cm³/mol. The Balaban J connectivity index is 1.76. The van der Waals surface area contributed by atoms with Crippen molar-refractivity contribution in [2.24, 2.45) is 0 Å². The number of rotatable bonds is 6. The lowest BCUT2D eigenvalue weighted by molar-refractivity contribution is -0.117. The van der Waals surface area contributed by atoms with Crippen LogP contribution in [0.1, 0.15) is 10.6 Å². The third-order valence-corrected chi connectivity index (χ3v) is 5.70. The van der Waals surface area contributed by atoms with Gasteiger partial charge in [-0.25, -0.2) is 9.37 Å². The van der Waals surface area contributed by atoms with Crippen LogP contribution in [0.3, 0.4) is 0 Å². The van der Waals surface area contributed by atoms with E-state index in [1.807, 2.05) is 29.6 Å². The molecule has 0 fully saturated rings. The minimum Gasteiger partial charge on any atom is -0.299 e. The van der Waals surface area contributed by atoms with Crippen molar-refractivity contribution in [1.29, 1.82) is 0 Å². The summed E-state index contributed by atoms with van der Waals surface area (Å²) in [6, 6.07) is 12.0. The number of hydrogen-bond donors (Lipinski definition) is 0. The lowest BCUT2D eigenvalue weighted by atomic mass is 10.1. The lowest BCUT2D eigenvalue weighted by Gasteiger charge is -2.09. The number of carbonyl (C=O) groups excluding carboxylic acids is 1. The van der Waals surface area contributed by atoms with Crippen LogP contribution in [0.2, 0.25) is 5.02 Å². The van der Waals surface area contributed by atoms with Gasteiger partial charge in [0.1, 0.15) is 11.6 Å². The molecule has 0 aliphatic rings. The van der Waals surface area contributed by atoms with Gasteiger partial charge in [-0.05, 0) is 29.8 Å². The summed E-state index contributed by atoms with van der Waals surface area (Å²) in [4.78, 5) is 18.1. The number of carbonyl (C=O) groups is 1. The van der Waals surface area contributed by atoms with Crippen LogP contribution in [0.5, 0.6) is 0 Å². The molecule has 0 atom stereocenters. The summed E-state index contributed by atoms with van der Waals surface area (Å²) in [6.45, 7) is 0. The molecule has 1 heterocycles. The molecule has 1 aromatic heterocycles. The van der Waals surface area contributed by atoms with Crippen LogP contribution in [0.4, 0.5) is 4.39 Å². The average molecular weight is 378 g/mol. The summed E-state index contributed by atoms with van der Waals surface area (Å²) in [5, 5.41) is 3.05. The van der Waals surface area contributed by atoms with Gasteiger partial charge in [0.15, 0.2) is 0 Å². The number of thiazole rings is 1. The van der Waals surface area contributed by atoms with E-state index in [9.17, 15) is 9.18 Å². The zero-order chi connectivity index (χ0) is 16.9. The van der Waals surface area contributed by atoms with E-state index in [2.05, 4.69) is 4.98 Å². The summed E-state index contributed by atoms with van der Waals surface area (Å²) >= 11 is 9.02. The summed E-state index contributed by atoms with van der Waals surface area (Å²) in [5.41, 5.74) is 0.935. The maximum atomic E-state index is 13.2. The smallest absolute Gasteiger partial charge is 0.144 e. The fourth-order valence-electron chi connectivity index (χ4n) is 2.21. The molecule has 0 amide bonds. The van der Waals surface area contributed by atoms with Crippen molar-refractivity contribution in [2.45, 2.75) is 22.6 Å². The molecule has 6 heteroatoms. The molecule has 0 saturated heterocycles. The van der Waals surface area contributed by atoms with E-state index < -0.39 is 0 Å². The van der Waals surface area contributed by atoms with E-state index >= 15 is 0 Å². The first kappa shape index (κ1) is 17.1. The molecule has 0 aliphatic heterocycles. The van der Waals surface area contributed by atoms with Gasteiger partial charge in [-0.15, -0.1) is 11.3 Å². The fraction of sp³-hybridized carbons (Fsp3) is 0.111. The maximum absolute atomic E-state index is 13.2. The van der Waals surface area contributed by atoms with Gasteiger partial charge in [-0.3, -0.25) is 4.79 Å². The lowest BCUT2D eigenvalue weighted by Crippen LogP contribution is -2.07. The zero-order valence-corrected chi connectivity index (χ0v) is 14.9. The first-order chi connectivity index (χ1) is 11.6. The van der Waals surface area contributed by atoms with Crippen LogP contribution in [-0.4, -0.2) is 10.8 Å². The van der Waals surface area contributed by atoms with Gasteiger partial charge >= 0.3 is 0 Å². The number of halogens is 2. The van der Waals surface area contributed by atoms with E-state index in [1.165, 1.54) is 35.2 Å². The molecule has 0 N–H and O–H groups in total. The van der Waals surface area contributed by atoms with Crippen molar-refractivity contribution in [3.63, 3.8) is 0 Å². The molecule has 3 aromatic rings. The topological polar surface area (TPSA) is 30.0 Å². The van der Waals surface area contributed by atoms with E-state index in [-0.39, 0.29) is 11.6 Å². The van der Waals surface area contributed by atoms with Gasteiger partial charge in [-0.2, -0.15) is 0 Å². The molecule has 0 bridgehead atoms. The molecule has 122 valence electrons. The van der Waals surface area contributed by atoms with Crippen LogP contribution < -0.4 is 0 Å². The largest absolute Gasteiger partial charge is 0.299 e. The summed E-state index contributed by atoms with van der Waals surface area (Å²) < 4.78 is 13.2. The highest BCUT2D eigenvalue weighted by atomic mass is 35.5. The summed E-state index contributed by atoms with van der Waals surface area (Å²) in [6.07, 6.45) is 2.38. The van der Waals surface area contributed by atoms with Crippen LogP contribution in [-0.2, 0) is 17.6 Å². The number of aromatic nitrogens is 1. The number of ketones is 1. The van der Waals surface area contributed by atoms with Crippen molar-refractivity contribution in [1.82, 2.24) is 4.98 Å². The standard InChI is InChI=1S/C18H13ClFNOS2/c19-15-10-13(20)5-6-17(15)24-16-4-2-1-3-12(16)9-14(22)11-18-21-7-8-23-18/h1-8,10H,9,11H2. The minimum atomic E-state index is -0.365. The first-order valence-corrected chi connectivity index (χ1v) is 9.30. The van der Waals surface area contributed by atoms with E-state index in [1.54, 1.807) is 12.3 Å². The quantitative estimate of drug-likeness (QED) is 0.572. The summed E-state index contributed by atoms with van der Waals surface area (Å²) in [7, 11) is 0. The highest BCUT2D eigenvalue weighted by molar-refractivity contribution is 7.99. The Hall–Kier alpha value is -1.69. The maximum Gasteiger partial charge on any atom is 0.144 e. The van der Waals surface area contributed by atoms with Gasteiger partial charge in [0.05, 0.1) is 16.5 Å². The Kier molecular flexibility index (Phi) is 5.66. The molecule has 3 rings (SSSR count). The Morgan fingerprint density at radius 3 is 2.75 bits per heavy atom. The second kappa shape index (κ2) is 7.92. The van der Waals surface area contributed by atoms with Gasteiger partial charge < -0.3 is 0 Å². The van der Waals surface area contributed by atoms with E-state index in [0.29, 0.717) is 17.9 Å². The number of benzene rings is 2. The Morgan fingerprint density at radius 2 is 2.00 bits per heavy atom. The Morgan fingerprint density at radius 1 is 1.17 bits per heavy atom. The van der Waals surface area contributed by atoms with E-state index in [4.69, 9.17) is 11.6 Å². The van der Waals surface area contributed by atoms with Crippen molar-refractivity contribution in [2.75, 3.05) is 0 Å². The minimum absolute atomic E-state index is 0.114. The van der Waals surface area contributed by atoms with Crippen LogP contribution in [0.25, 0.3) is 0 Å². The Labute approximate surface area is 152 Å². The van der Waals surface area contributed by atoms with Crippen LogP contribution in [0.15, 0.2) is 63.8 Å². The second-order valence-electron chi connectivity index (χ2n) is 5.10. The SMILES string of the molecule is O=C(Cc1nccs1)Cc1ccccc1Sc1ccc(F)cc1Cl. The van der Waals surface area contributed by atoms with Gasteiger partial charge in [0.2, 0.25) is 0 Å². The second-order valence-corrected chi connectivity index (χ2v) is 7.57. The van der Waals surface area contributed by atoms with Crippen LogP contribution in [0, 0.1) is 5.82 Å². The van der Waals surface area contributed by atoms with Crippen molar-refractivity contribution >= 4 is 40.5 Å². The third-order valence-electron chi connectivity index (χ3n) is 3.31. The Bertz CT molecular complexity index is 852. The van der Waals surface area contributed by atoms with Crippen LogP contribution >= 0.6 is 34.7 Å². The molecule has 0 spiro atoms. The molecule has 2 aromatic carbocycles. The van der Waals surface area contributed by atoms with Gasteiger partial charge in [-0.1, -0.05) is 41.6 Å². The molecular formula is C18H13ClFNOS2. The molecule has 0 aliphatic carbocycles. The molecular weight excluding hydrogens is 365 g/mol. The third kappa shape index (κ3) is 4.44. The average Bonchev–Trinajstić information content (AvgIpc) is 3.04. The highest BCUT2D eigenvalue weighted by Crippen LogP contribution is 2.35. The molecule has 0 saturated carbocycles.